The molecule has 0 unspecified atom stereocenters. The highest BCUT2D eigenvalue weighted by atomic mass is 16.6. The number of hydrogen-bond donors (Lipinski definition) is 2. The van der Waals surface area contributed by atoms with Crippen LogP contribution in [0.15, 0.2) is 0 Å². The van der Waals surface area contributed by atoms with Gasteiger partial charge in [0.05, 0.1) is 45.7 Å². The molecule has 0 radical (unpaired) electrons. The zero-order valence-electron chi connectivity index (χ0n) is 47.1. The van der Waals surface area contributed by atoms with Crippen molar-refractivity contribution >= 4 is 53.2 Å². The zero-order chi connectivity index (χ0) is 55.4. The molecule has 0 aliphatic heterocycles. The topological polar surface area (TPSA) is 234 Å². The largest absolute Gasteiger partial charge is 0.459 e. The van der Waals surface area contributed by atoms with Crippen molar-refractivity contribution in [3.63, 3.8) is 0 Å². The second-order valence-electron chi connectivity index (χ2n) is 24.3. The first-order valence-corrected chi connectivity index (χ1v) is 24.1. The van der Waals surface area contributed by atoms with E-state index >= 15 is 0 Å². The van der Waals surface area contributed by atoms with Crippen LogP contribution >= 0.6 is 0 Å². The van der Waals surface area contributed by atoms with Crippen LogP contribution in [0.1, 0.15) is 165 Å². The van der Waals surface area contributed by atoms with Crippen molar-refractivity contribution in [3.8, 4) is 0 Å². The first-order chi connectivity index (χ1) is 31.2. The van der Waals surface area contributed by atoms with Gasteiger partial charge in [0.1, 0.15) is 34.0 Å². The molecule has 1 atom stereocenters. The van der Waals surface area contributed by atoms with Gasteiger partial charge in [0.2, 0.25) is 11.8 Å². The first-order valence-electron chi connectivity index (χ1n) is 24.1. The first kappa shape index (κ1) is 67.6. The second kappa shape index (κ2) is 28.5. The molecule has 2 N–H and O–H groups in total. The predicted molar refractivity (Wildman–Crippen MR) is 267 cm³/mol. The van der Waals surface area contributed by atoms with Crippen LogP contribution in [-0.4, -0.2) is 167 Å². The van der Waals surface area contributed by atoms with Gasteiger partial charge in [-0.05, 0) is 104 Å². The van der Waals surface area contributed by atoms with E-state index in [2.05, 4.69) is 10.6 Å². The average Bonchev–Trinajstić information content (AvgIpc) is 3.10. The summed E-state index contributed by atoms with van der Waals surface area (Å²) in [4.78, 5) is 119. The van der Waals surface area contributed by atoms with Gasteiger partial charge in [-0.2, -0.15) is 0 Å². The van der Waals surface area contributed by atoms with Crippen LogP contribution in [0, 0.1) is 10.8 Å². The number of esters is 5. The number of ether oxygens (including phenoxy) is 5. The molecule has 0 aromatic rings. The fourth-order valence-corrected chi connectivity index (χ4v) is 5.61. The van der Waals surface area contributed by atoms with Crippen molar-refractivity contribution in [2.75, 3.05) is 65.4 Å². The van der Waals surface area contributed by atoms with Crippen LogP contribution < -0.4 is 10.6 Å². The number of rotatable bonds is 23. The Hall–Kier alpha value is -4.49. The normalized spacial score (nSPS) is 13.1. The quantitative estimate of drug-likeness (QED) is 0.0987. The molecule has 406 valence electrons. The molecule has 0 fully saturated rings. The van der Waals surface area contributed by atoms with Crippen molar-refractivity contribution in [1.29, 1.82) is 0 Å². The lowest BCUT2D eigenvalue weighted by atomic mass is 9.91. The molecule has 2 amide bonds. The number of nitrogens with zero attached hydrogens (tertiary/aromatic N) is 3. The molecule has 0 heterocycles. The van der Waals surface area contributed by atoms with Gasteiger partial charge in [-0.3, -0.25) is 57.9 Å². The maximum Gasteiger partial charge on any atom is 0.324 e. The lowest BCUT2D eigenvalue weighted by molar-refractivity contribution is -0.165. The lowest BCUT2D eigenvalue weighted by Crippen LogP contribution is -2.53. The zero-order valence-corrected chi connectivity index (χ0v) is 47.1. The molecule has 0 spiro atoms. The van der Waals surface area contributed by atoms with Crippen LogP contribution in [-0.2, 0) is 66.8 Å². The molecule has 0 aromatic heterocycles. The molecular formula is C51H93N5O14. The molecule has 70 heavy (non-hydrogen) atoms. The third-order valence-corrected chi connectivity index (χ3v) is 8.88. The summed E-state index contributed by atoms with van der Waals surface area (Å²) in [6.07, 6.45) is 0.0000221. The van der Waals surface area contributed by atoms with E-state index in [0.29, 0.717) is 6.42 Å². The van der Waals surface area contributed by atoms with Gasteiger partial charge in [-0.1, -0.05) is 48.5 Å². The van der Waals surface area contributed by atoms with Gasteiger partial charge in [0.25, 0.3) is 0 Å². The molecule has 0 saturated heterocycles. The molecule has 0 saturated carbocycles. The summed E-state index contributed by atoms with van der Waals surface area (Å²) in [6.45, 7) is 36.8. The molecule has 0 aliphatic rings. The number of Topliss-reactive ketones (excluding diaryl/α,β-unsaturated/α-hetero) is 2. The molecular weight excluding hydrogens is 907 g/mol. The predicted octanol–water partition coefficient (Wildman–Crippen LogP) is 5.22. The highest BCUT2D eigenvalue weighted by Crippen LogP contribution is 2.18. The number of amides is 2. The summed E-state index contributed by atoms with van der Waals surface area (Å²) in [6, 6.07) is -1.25. The van der Waals surface area contributed by atoms with Crippen molar-refractivity contribution < 1.29 is 66.8 Å². The van der Waals surface area contributed by atoms with Gasteiger partial charge in [0, 0.05) is 43.4 Å². The smallest absolute Gasteiger partial charge is 0.324 e. The van der Waals surface area contributed by atoms with Crippen molar-refractivity contribution in [3.05, 3.63) is 0 Å². The summed E-state index contributed by atoms with van der Waals surface area (Å²) in [7, 11) is 0. The van der Waals surface area contributed by atoms with Gasteiger partial charge < -0.3 is 34.3 Å². The van der Waals surface area contributed by atoms with Gasteiger partial charge >= 0.3 is 29.8 Å². The SMILES string of the molecule is CC(C)(C)OC(=O)CN(CCN(CCN(CC(=O)OC(C)(C)C)CC(=O)OC(C)(C)C)[C@H](CC(=O)NCC(=O)C(C)(C)C)C(=O)OC(C)(C)C)CC(=O)OC(C)(C)C.CCC(=O)NCC(=O)C(C)(C)C. The minimum atomic E-state index is -1.25. The monoisotopic (exact) mass is 1000 g/mol. The number of carbonyl (C=O) groups excluding carboxylic acids is 9. The maximum absolute atomic E-state index is 14.0. The number of hydrogen-bond acceptors (Lipinski definition) is 17. The van der Waals surface area contributed by atoms with Crippen molar-refractivity contribution in [2.45, 2.75) is 199 Å². The summed E-state index contributed by atoms with van der Waals surface area (Å²) in [5, 5.41) is 5.17. The summed E-state index contributed by atoms with van der Waals surface area (Å²) >= 11 is 0. The Morgan fingerprint density at radius 3 is 0.914 bits per heavy atom. The Labute approximate surface area is 419 Å². The molecule has 0 rings (SSSR count). The molecule has 0 aromatic carbocycles. The maximum atomic E-state index is 14.0. The fraction of sp³-hybridized carbons (Fsp3) is 0.824. The number of carbonyl (C=O) groups is 9. The Morgan fingerprint density at radius 2 is 0.671 bits per heavy atom. The van der Waals surface area contributed by atoms with E-state index in [0.717, 1.165) is 0 Å². The fourth-order valence-electron chi connectivity index (χ4n) is 5.61. The standard InChI is InChI=1S/C42H76N4O12.C9H17NO2/c1-37(2,3)30(47)24-43-31(48)23-29(36(53)58-42(16,17)18)46(21-19-44(25-32(49)54-38(4,5)6)26-33(50)55-39(7,8)9)22-20-45(27-34(51)56-40(10,11)12)28-35(52)57-41(13,14)15;1-5-8(12)10-6-7(11)9(2,3)4/h29H,19-28H2,1-18H3,(H,43,48);5-6H2,1-4H3,(H,10,12)/t29-;/m1./s1. The van der Waals surface area contributed by atoms with Gasteiger partial charge in [-0.15, -0.1) is 0 Å². The highest BCUT2D eigenvalue weighted by Gasteiger charge is 2.35. The summed E-state index contributed by atoms with van der Waals surface area (Å²) < 4.78 is 28.0. The van der Waals surface area contributed by atoms with E-state index in [1.165, 1.54) is 9.80 Å². The van der Waals surface area contributed by atoms with Crippen molar-refractivity contribution in [1.82, 2.24) is 25.3 Å². The van der Waals surface area contributed by atoms with Crippen LogP contribution in [0.25, 0.3) is 0 Å². The Bertz CT molecular complexity index is 1620. The summed E-state index contributed by atoms with van der Waals surface area (Å²) in [5.74, 6) is -3.99. The Kier molecular flexibility index (Phi) is 27.5. The molecule has 19 heteroatoms. The van der Waals surface area contributed by atoms with Crippen LogP contribution in [0.4, 0.5) is 0 Å². The highest BCUT2D eigenvalue weighted by molar-refractivity contribution is 5.91. The molecule has 19 nitrogen and oxygen atoms in total. The number of ketones is 2. The van der Waals surface area contributed by atoms with E-state index in [1.807, 2.05) is 20.8 Å². The third-order valence-electron chi connectivity index (χ3n) is 8.88. The number of nitrogens with one attached hydrogen (secondary N) is 2. The molecule has 0 aliphatic carbocycles. The average molecular weight is 1000 g/mol. The third kappa shape index (κ3) is 36.5. The minimum absolute atomic E-state index is 0.0000439. The van der Waals surface area contributed by atoms with Crippen LogP contribution in [0.2, 0.25) is 0 Å². The van der Waals surface area contributed by atoms with E-state index < -0.39 is 81.6 Å². The molecule has 0 bridgehead atoms. The van der Waals surface area contributed by atoms with Gasteiger partial charge in [0.15, 0.2) is 11.6 Å². The Balaban J connectivity index is 0. The van der Waals surface area contributed by atoms with E-state index in [-0.39, 0.29) is 88.3 Å². The van der Waals surface area contributed by atoms with Crippen LogP contribution in [0.3, 0.4) is 0 Å². The minimum Gasteiger partial charge on any atom is -0.459 e. The van der Waals surface area contributed by atoms with Crippen LogP contribution in [0.5, 0.6) is 0 Å². The van der Waals surface area contributed by atoms with E-state index in [9.17, 15) is 43.2 Å². The van der Waals surface area contributed by atoms with Gasteiger partial charge in [-0.25, -0.2) is 0 Å². The summed E-state index contributed by atoms with van der Waals surface area (Å²) in [5.41, 5.74) is -5.28. The lowest BCUT2D eigenvalue weighted by Gasteiger charge is -2.35. The van der Waals surface area contributed by atoms with Crippen molar-refractivity contribution in [2.24, 2.45) is 10.8 Å². The van der Waals surface area contributed by atoms with E-state index in [1.54, 1.807) is 136 Å². The van der Waals surface area contributed by atoms with E-state index in [4.69, 9.17) is 23.7 Å². The Morgan fingerprint density at radius 1 is 0.400 bits per heavy atom. The second-order valence-corrected chi connectivity index (χ2v) is 24.3.